The Bertz CT molecular complexity index is 1070. The highest BCUT2D eigenvalue weighted by Gasteiger charge is 2.25. The van der Waals surface area contributed by atoms with Crippen LogP contribution in [0.25, 0.3) is 11.4 Å². The minimum absolute atomic E-state index is 0.117. The van der Waals surface area contributed by atoms with Gasteiger partial charge in [0.2, 0.25) is 0 Å². The number of amides is 1. The predicted molar refractivity (Wildman–Crippen MR) is 108 cm³/mol. The number of hydrogen-bond donors (Lipinski definition) is 1. The number of nitrogens with one attached hydrogen (secondary N) is 1. The summed E-state index contributed by atoms with van der Waals surface area (Å²) in [5.74, 6) is -1.72. The van der Waals surface area contributed by atoms with Gasteiger partial charge in [-0.25, -0.2) is 13.8 Å². The van der Waals surface area contributed by atoms with Crippen molar-refractivity contribution in [1.29, 1.82) is 0 Å². The van der Waals surface area contributed by atoms with Gasteiger partial charge in [0.05, 0.1) is 12.6 Å². The zero-order valence-electron chi connectivity index (χ0n) is 16.7. The van der Waals surface area contributed by atoms with E-state index < -0.39 is 17.6 Å². The Morgan fingerprint density at radius 2 is 1.77 bits per heavy atom. The minimum atomic E-state index is -0.805. The maximum absolute atomic E-state index is 13.2. The third kappa shape index (κ3) is 5.08. The summed E-state index contributed by atoms with van der Waals surface area (Å²) in [7, 11) is 0. The number of rotatable bonds is 8. The van der Waals surface area contributed by atoms with E-state index >= 15 is 0 Å². The van der Waals surface area contributed by atoms with Gasteiger partial charge in [0.15, 0.2) is 11.6 Å². The molecule has 30 heavy (non-hydrogen) atoms. The molecule has 0 fully saturated rings. The van der Waals surface area contributed by atoms with Crippen LogP contribution < -0.4 is 11.1 Å². The molecular weight excluding hydrogens is 389 g/mol. The summed E-state index contributed by atoms with van der Waals surface area (Å²) < 4.78 is 19.0. The summed E-state index contributed by atoms with van der Waals surface area (Å²) in [6.45, 7) is 3.54. The standard InChI is InChI=1S/C22H22FN3O4/c1-14(2)12-18(24-21(28)16-6-4-3-5-7-16)19(27)13-26-20(25-30-22(26)29)15-8-10-17(23)11-9-15/h3-11,14,18H,12-13H2,1-2H3,(H,24,28)/t18-/m0/s1. The van der Waals surface area contributed by atoms with Gasteiger partial charge in [-0.2, -0.15) is 0 Å². The van der Waals surface area contributed by atoms with Crippen LogP contribution in [0.3, 0.4) is 0 Å². The Kier molecular flexibility index (Phi) is 6.56. The van der Waals surface area contributed by atoms with E-state index in [9.17, 15) is 18.8 Å². The fourth-order valence-corrected chi connectivity index (χ4v) is 3.05. The van der Waals surface area contributed by atoms with Gasteiger partial charge in [0.25, 0.3) is 5.91 Å². The summed E-state index contributed by atoms with van der Waals surface area (Å²) in [6.07, 6.45) is 0.406. The van der Waals surface area contributed by atoms with Gasteiger partial charge in [-0.05, 0) is 48.7 Å². The van der Waals surface area contributed by atoms with Crippen molar-refractivity contribution in [2.45, 2.75) is 32.9 Å². The smallest absolute Gasteiger partial charge is 0.342 e. The van der Waals surface area contributed by atoms with Gasteiger partial charge < -0.3 is 5.32 Å². The maximum atomic E-state index is 13.2. The van der Waals surface area contributed by atoms with Crippen molar-refractivity contribution in [3.63, 3.8) is 0 Å². The van der Waals surface area contributed by atoms with Gasteiger partial charge in [0, 0.05) is 11.1 Å². The molecular formula is C22H22FN3O4. The SMILES string of the molecule is CC(C)C[C@H](NC(=O)c1ccccc1)C(=O)Cn1c(-c2ccc(F)cc2)noc1=O. The lowest BCUT2D eigenvalue weighted by Crippen LogP contribution is -2.44. The molecule has 0 aliphatic heterocycles. The molecule has 0 saturated carbocycles. The lowest BCUT2D eigenvalue weighted by atomic mass is 9.99. The fourth-order valence-electron chi connectivity index (χ4n) is 3.05. The lowest BCUT2D eigenvalue weighted by Gasteiger charge is -2.20. The van der Waals surface area contributed by atoms with Gasteiger partial charge in [0.1, 0.15) is 5.82 Å². The quantitative estimate of drug-likeness (QED) is 0.615. The van der Waals surface area contributed by atoms with Crippen LogP contribution in [0.4, 0.5) is 4.39 Å². The van der Waals surface area contributed by atoms with Crippen LogP contribution in [0.1, 0.15) is 30.6 Å². The zero-order valence-corrected chi connectivity index (χ0v) is 16.7. The highest BCUT2D eigenvalue weighted by molar-refractivity contribution is 5.97. The number of benzene rings is 2. The second-order valence-electron chi connectivity index (χ2n) is 7.35. The molecule has 0 aliphatic rings. The Labute approximate surface area is 172 Å². The molecule has 3 rings (SSSR count). The summed E-state index contributed by atoms with van der Waals surface area (Å²) in [6, 6.07) is 13.1. The third-order valence-electron chi connectivity index (χ3n) is 4.54. The topological polar surface area (TPSA) is 94.2 Å². The Balaban J connectivity index is 1.82. The molecule has 1 amide bonds. The first-order chi connectivity index (χ1) is 14.3. The first kappa shape index (κ1) is 21.2. The predicted octanol–water partition coefficient (Wildman–Crippen LogP) is 3.06. The molecule has 0 aliphatic carbocycles. The highest BCUT2D eigenvalue weighted by atomic mass is 19.1. The number of carbonyl (C=O) groups is 2. The number of hydrogen-bond acceptors (Lipinski definition) is 5. The summed E-state index contributed by atoms with van der Waals surface area (Å²) in [5.41, 5.74) is 0.872. The van der Waals surface area contributed by atoms with Crippen molar-refractivity contribution in [2.24, 2.45) is 5.92 Å². The Morgan fingerprint density at radius 3 is 2.40 bits per heavy atom. The van der Waals surface area contributed by atoms with Crippen LogP contribution >= 0.6 is 0 Å². The number of aromatic nitrogens is 2. The van der Waals surface area contributed by atoms with Crippen molar-refractivity contribution in [3.8, 4) is 11.4 Å². The normalized spacial score (nSPS) is 12.0. The second kappa shape index (κ2) is 9.30. The van der Waals surface area contributed by atoms with Crippen molar-refractivity contribution in [1.82, 2.24) is 15.0 Å². The van der Waals surface area contributed by atoms with E-state index in [2.05, 4.69) is 10.5 Å². The van der Waals surface area contributed by atoms with E-state index in [1.807, 2.05) is 13.8 Å². The van der Waals surface area contributed by atoms with E-state index in [1.54, 1.807) is 30.3 Å². The molecule has 0 unspecified atom stereocenters. The minimum Gasteiger partial charge on any atom is -0.342 e. The maximum Gasteiger partial charge on any atom is 0.442 e. The van der Waals surface area contributed by atoms with E-state index in [1.165, 1.54) is 24.3 Å². The zero-order chi connectivity index (χ0) is 21.7. The van der Waals surface area contributed by atoms with Crippen molar-refractivity contribution >= 4 is 11.7 Å². The molecule has 0 radical (unpaired) electrons. The van der Waals surface area contributed by atoms with E-state index in [0.717, 1.165) is 4.57 Å². The molecule has 8 heteroatoms. The molecule has 1 heterocycles. The fraction of sp³-hybridized carbons (Fsp3) is 0.273. The highest BCUT2D eigenvalue weighted by Crippen LogP contribution is 2.17. The molecule has 7 nitrogen and oxygen atoms in total. The van der Waals surface area contributed by atoms with E-state index in [0.29, 0.717) is 17.5 Å². The van der Waals surface area contributed by atoms with Gasteiger partial charge in [-0.1, -0.05) is 37.2 Å². The van der Waals surface area contributed by atoms with Crippen LogP contribution in [-0.4, -0.2) is 27.5 Å². The summed E-state index contributed by atoms with van der Waals surface area (Å²) in [4.78, 5) is 37.7. The first-order valence-electron chi connectivity index (χ1n) is 9.56. The average molecular weight is 411 g/mol. The monoisotopic (exact) mass is 411 g/mol. The average Bonchev–Trinajstić information content (AvgIpc) is 3.08. The Morgan fingerprint density at radius 1 is 1.10 bits per heavy atom. The summed E-state index contributed by atoms with van der Waals surface area (Å²) >= 11 is 0. The molecule has 0 spiro atoms. The van der Waals surface area contributed by atoms with E-state index in [-0.39, 0.29) is 30.0 Å². The molecule has 1 atom stereocenters. The molecule has 156 valence electrons. The van der Waals surface area contributed by atoms with Crippen LogP contribution in [-0.2, 0) is 11.3 Å². The number of halogens is 1. The lowest BCUT2D eigenvalue weighted by molar-refractivity contribution is -0.121. The van der Waals surface area contributed by atoms with Gasteiger partial charge in [-0.15, -0.1) is 0 Å². The van der Waals surface area contributed by atoms with Crippen molar-refractivity contribution in [2.75, 3.05) is 0 Å². The first-order valence-corrected chi connectivity index (χ1v) is 9.56. The van der Waals surface area contributed by atoms with Crippen LogP contribution in [0.5, 0.6) is 0 Å². The van der Waals surface area contributed by atoms with E-state index in [4.69, 9.17) is 4.52 Å². The molecule has 1 aromatic heterocycles. The van der Waals surface area contributed by atoms with Crippen LogP contribution in [0.2, 0.25) is 0 Å². The largest absolute Gasteiger partial charge is 0.442 e. The number of Topliss-reactive ketones (excluding diaryl/α,β-unsaturated/α-hetero) is 1. The Hall–Kier alpha value is -3.55. The second-order valence-corrected chi connectivity index (χ2v) is 7.35. The van der Waals surface area contributed by atoms with Gasteiger partial charge >= 0.3 is 5.76 Å². The number of ketones is 1. The van der Waals surface area contributed by atoms with Gasteiger partial charge in [-0.3, -0.25) is 14.1 Å². The number of nitrogens with zero attached hydrogens (tertiary/aromatic N) is 2. The summed E-state index contributed by atoms with van der Waals surface area (Å²) in [5, 5.41) is 6.47. The molecule has 3 aromatic rings. The third-order valence-corrected chi connectivity index (χ3v) is 4.54. The molecule has 0 bridgehead atoms. The molecule has 0 saturated heterocycles. The number of carbonyl (C=O) groups excluding carboxylic acids is 2. The molecule has 1 N–H and O–H groups in total. The van der Waals surface area contributed by atoms with Crippen LogP contribution in [0, 0.1) is 11.7 Å². The van der Waals surface area contributed by atoms with Crippen molar-refractivity contribution < 1.29 is 18.5 Å². The molecule has 2 aromatic carbocycles. The van der Waals surface area contributed by atoms with Crippen molar-refractivity contribution in [3.05, 3.63) is 76.5 Å². The van der Waals surface area contributed by atoms with Crippen LogP contribution in [0.15, 0.2) is 63.9 Å².